The third-order valence-corrected chi connectivity index (χ3v) is 6.15. The molecule has 1 atom stereocenters. The number of carbonyl (C=O) groups excluding carboxylic acids is 1. The molecular formula is C25H29F3N6O. The summed E-state index contributed by atoms with van der Waals surface area (Å²) in [6.45, 7) is 3.68. The zero-order chi connectivity index (χ0) is 24.8. The van der Waals surface area contributed by atoms with Gasteiger partial charge in [-0.2, -0.15) is 13.2 Å². The molecule has 1 amide bonds. The molecule has 0 aliphatic carbocycles. The Morgan fingerprint density at radius 2 is 1.97 bits per heavy atom. The Kier molecular flexibility index (Phi) is 7.67. The topological polar surface area (TPSA) is 75.9 Å². The summed E-state index contributed by atoms with van der Waals surface area (Å²) in [5.74, 6) is 1.45. The number of halogens is 3. The fraction of sp³-hybridized carbons (Fsp3) is 0.440. The molecule has 186 valence electrons. The highest BCUT2D eigenvalue weighted by Gasteiger charge is 2.30. The Morgan fingerprint density at radius 3 is 2.69 bits per heavy atom. The van der Waals surface area contributed by atoms with E-state index >= 15 is 0 Å². The lowest BCUT2D eigenvalue weighted by Gasteiger charge is -2.36. The van der Waals surface area contributed by atoms with Gasteiger partial charge in [-0.15, -0.1) is 0 Å². The van der Waals surface area contributed by atoms with Crippen LogP contribution in [0.2, 0.25) is 0 Å². The fourth-order valence-electron chi connectivity index (χ4n) is 4.33. The van der Waals surface area contributed by atoms with Crippen molar-refractivity contribution in [2.75, 3.05) is 11.4 Å². The average molecular weight is 487 g/mol. The molecule has 1 N–H and O–H groups in total. The van der Waals surface area contributed by atoms with Gasteiger partial charge in [0.05, 0.1) is 11.9 Å². The van der Waals surface area contributed by atoms with Crippen LogP contribution in [0.25, 0.3) is 0 Å². The molecule has 0 spiro atoms. The van der Waals surface area contributed by atoms with Crippen molar-refractivity contribution < 1.29 is 18.0 Å². The van der Waals surface area contributed by atoms with Gasteiger partial charge in [0.25, 0.3) is 0 Å². The Labute approximate surface area is 202 Å². The number of alkyl halides is 3. The van der Waals surface area contributed by atoms with E-state index in [1.165, 1.54) is 12.1 Å². The summed E-state index contributed by atoms with van der Waals surface area (Å²) >= 11 is 0. The number of nitrogens with zero attached hydrogens (tertiary/aromatic N) is 5. The van der Waals surface area contributed by atoms with Crippen LogP contribution in [0.4, 0.5) is 19.0 Å². The Morgan fingerprint density at radius 1 is 1.17 bits per heavy atom. The van der Waals surface area contributed by atoms with Crippen molar-refractivity contribution >= 4 is 11.7 Å². The lowest BCUT2D eigenvalue weighted by Crippen LogP contribution is -2.43. The van der Waals surface area contributed by atoms with E-state index in [-0.39, 0.29) is 18.5 Å². The molecule has 1 saturated heterocycles. The van der Waals surface area contributed by atoms with Crippen LogP contribution < -0.4 is 10.2 Å². The second-order valence-electron chi connectivity index (χ2n) is 8.85. The maximum Gasteiger partial charge on any atom is 0.416 e. The molecule has 3 heterocycles. The monoisotopic (exact) mass is 486 g/mol. The van der Waals surface area contributed by atoms with Gasteiger partial charge in [0, 0.05) is 62.7 Å². The first-order valence-electron chi connectivity index (χ1n) is 11.8. The Balaban J connectivity index is 1.37. The molecule has 7 nitrogen and oxygen atoms in total. The van der Waals surface area contributed by atoms with Gasteiger partial charge in [0.1, 0.15) is 11.6 Å². The third kappa shape index (κ3) is 6.80. The number of hydrogen-bond donors (Lipinski definition) is 1. The number of nitrogens with one attached hydrogen (secondary N) is 1. The summed E-state index contributed by atoms with van der Waals surface area (Å²) in [6.07, 6.45) is 4.95. The lowest BCUT2D eigenvalue weighted by atomic mass is 9.98. The average Bonchev–Trinajstić information content (AvgIpc) is 3.35. The second-order valence-corrected chi connectivity index (χ2v) is 8.85. The number of carbonyl (C=O) groups is 1. The smallest absolute Gasteiger partial charge is 0.353 e. The molecule has 35 heavy (non-hydrogen) atoms. The van der Waals surface area contributed by atoms with Gasteiger partial charge in [-0.05, 0) is 43.9 Å². The Bertz CT molecular complexity index is 1120. The van der Waals surface area contributed by atoms with E-state index in [0.29, 0.717) is 18.4 Å². The largest absolute Gasteiger partial charge is 0.416 e. The number of hydrogen-bond acceptors (Lipinski definition) is 5. The zero-order valence-electron chi connectivity index (χ0n) is 19.6. The van der Waals surface area contributed by atoms with Gasteiger partial charge < -0.3 is 14.8 Å². The normalized spacial score (nSPS) is 16.3. The van der Waals surface area contributed by atoms with E-state index < -0.39 is 11.7 Å². The first kappa shape index (κ1) is 24.7. The van der Waals surface area contributed by atoms with E-state index in [4.69, 9.17) is 4.98 Å². The maximum absolute atomic E-state index is 12.7. The molecule has 0 radical (unpaired) electrons. The molecule has 4 rings (SSSR count). The van der Waals surface area contributed by atoms with Gasteiger partial charge in [0.15, 0.2) is 0 Å². The summed E-state index contributed by atoms with van der Waals surface area (Å²) in [6, 6.07) is 6.82. The van der Waals surface area contributed by atoms with Gasteiger partial charge in [-0.25, -0.2) is 15.0 Å². The maximum atomic E-state index is 12.7. The molecule has 1 aliphatic heterocycles. The van der Waals surface area contributed by atoms with Crippen LogP contribution >= 0.6 is 0 Å². The van der Waals surface area contributed by atoms with Gasteiger partial charge in [-0.1, -0.05) is 12.1 Å². The van der Waals surface area contributed by atoms with Crippen molar-refractivity contribution in [2.45, 2.75) is 64.3 Å². The van der Waals surface area contributed by atoms with Crippen molar-refractivity contribution in [3.8, 4) is 0 Å². The number of amides is 1. The summed E-state index contributed by atoms with van der Waals surface area (Å²) < 4.78 is 40.2. The van der Waals surface area contributed by atoms with Crippen LogP contribution in [-0.4, -0.2) is 38.0 Å². The number of rotatable bonds is 8. The van der Waals surface area contributed by atoms with Crippen LogP contribution in [0.3, 0.4) is 0 Å². The van der Waals surface area contributed by atoms with Crippen LogP contribution in [0.15, 0.2) is 49.1 Å². The van der Waals surface area contributed by atoms with Gasteiger partial charge in [-0.3, -0.25) is 4.79 Å². The van der Waals surface area contributed by atoms with Gasteiger partial charge >= 0.3 is 6.18 Å². The van der Waals surface area contributed by atoms with E-state index in [0.717, 1.165) is 61.8 Å². The first-order chi connectivity index (χ1) is 16.8. The number of anilines is 1. The van der Waals surface area contributed by atoms with Crippen molar-refractivity contribution in [1.82, 2.24) is 24.8 Å². The molecule has 10 heteroatoms. The SMILES string of the molecule is Cc1cc(N2CCCCC2CC(=O)NCc2ccc(C(F)(F)F)cc2)nc(CCn2ccnc2)n1. The quantitative estimate of drug-likeness (QED) is 0.514. The molecule has 0 saturated carbocycles. The molecule has 1 fully saturated rings. The molecule has 1 unspecified atom stereocenters. The standard InChI is InChI=1S/C25H29F3N6O/c1-18-14-23(32-22(31-18)9-12-33-13-10-29-17-33)34-11-3-2-4-21(34)15-24(35)30-16-19-5-7-20(8-6-19)25(26,27)28/h5-8,10,13-14,17,21H,2-4,9,11-12,15-16H2,1H3,(H,30,35). The minimum Gasteiger partial charge on any atom is -0.353 e. The van der Waals surface area contributed by atoms with E-state index in [9.17, 15) is 18.0 Å². The van der Waals surface area contributed by atoms with Crippen molar-refractivity contribution in [3.63, 3.8) is 0 Å². The number of aromatic nitrogens is 4. The van der Waals surface area contributed by atoms with Crippen molar-refractivity contribution in [3.05, 3.63) is 71.7 Å². The van der Waals surface area contributed by atoms with Gasteiger partial charge in [0.2, 0.25) is 5.91 Å². The second kappa shape index (κ2) is 10.9. The predicted molar refractivity (Wildman–Crippen MR) is 126 cm³/mol. The number of imidazole rings is 1. The molecule has 0 bridgehead atoms. The summed E-state index contributed by atoms with van der Waals surface area (Å²) in [4.78, 5) is 28.3. The third-order valence-electron chi connectivity index (χ3n) is 6.15. The predicted octanol–water partition coefficient (Wildman–Crippen LogP) is 4.31. The van der Waals surface area contributed by atoms with E-state index in [1.54, 1.807) is 12.5 Å². The minimum atomic E-state index is -4.37. The highest BCUT2D eigenvalue weighted by molar-refractivity contribution is 5.77. The highest BCUT2D eigenvalue weighted by Crippen LogP contribution is 2.29. The van der Waals surface area contributed by atoms with E-state index in [1.807, 2.05) is 23.8 Å². The highest BCUT2D eigenvalue weighted by atomic mass is 19.4. The van der Waals surface area contributed by atoms with E-state index in [2.05, 4.69) is 20.2 Å². The minimum absolute atomic E-state index is 0.00662. The van der Waals surface area contributed by atoms with Crippen LogP contribution in [0, 0.1) is 6.92 Å². The molecular weight excluding hydrogens is 457 g/mol. The zero-order valence-corrected chi connectivity index (χ0v) is 19.6. The fourth-order valence-corrected chi connectivity index (χ4v) is 4.33. The molecule has 3 aromatic rings. The molecule has 2 aromatic heterocycles. The summed E-state index contributed by atoms with van der Waals surface area (Å²) in [5, 5.41) is 2.85. The Hall–Kier alpha value is -3.43. The number of piperidine rings is 1. The molecule has 1 aromatic carbocycles. The lowest BCUT2D eigenvalue weighted by molar-refractivity contribution is -0.137. The van der Waals surface area contributed by atoms with Crippen LogP contribution in [0.1, 0.15) is 48.3 Å². The van der Waals surface area contributed by atoms with Crippen molar-refractivity contribution in [1.29, 1.82) is 0 Å². The van der Waals surface area contributed by atoms with Crippen LogP contribution in [0.5, 0.6) is 0 Å². The van der Waals surface area contributed by atoms with Crippen molar-refractivity contribution in [2.24, 2.45) is 0 Å². The number of benzene rings is 1. The first-order valence-corrected chi connectivity index (χ1v) is 11.8. The number of aryl methyl sites for hydroxylation is 3. The van der Waals surface area contributed by atoms with Crippen LogP contribution in [-0.2, 0) is 30.5 Å². The molecule has 1 aliphatic rings. The summed E-state index contributed by atoms with van der Waals surface area (Å²) in [7, 11) is 0. The summed E-state index contributed by atoms with van der Waals surface area (Å²) in [5.41, 5.74) is 0.808.